The van der Waals surface area contributed by atoms with Gasteiger partial charge in [-0.15, -0.1) is 0 Å². The second-order valence-electron chi connectivity index (χ2n) is 6.85. The number of nitrogen functional groups attached to an aromatic ring is 1. The molecule has 4 heterocycles. The minimum absolute atomic E-state index is 0.0631. The second-order valence-corrected chi connectivity index (χ2v) is 7.29. The molecule has 0 spiro atoms. The van der Waals surface area contributed by atoms with Gasteiger partial charge in [0.05, 0.1) is 22.4 Å². The molecule has 8 heteroatoms. The third-order valence-corrected chi connectivity index (χ3v) is 5.42. The van der Waals surface area contributed by atoms with Crippen molar-refractivity contribution in [1.82, 2.24) is 19.3 Å². The summed E-state index contributed by atoms with van der Waals surface area (Å²) in [6.07, 6.45) is 6.45. The second kappa shape index (κ2) is 6.51. The fourth-order valence-corrected chi connectivity index (χ4v) is 4.07. The first kappa shape index (κ1) is 17.0. The summed E-state index contributed by atoms with van der Waals surface area (Å²) in [4.78, 5) is 4.44. The summed E-state index contributed by atoms with van der Waals surface area (Å²) in [5, 5.41) is 16.2. The molecule has 5 rings (SSSR count). The van der Waals surface area contributed by atoms with Gasteiger partial charge < -0.3 is 10.5 Å². The number of hydrogen-bond donors (Lipinski definition) is 1. The lowest BCUT2D eigenvalue weighted by molar-refractivity contribution is -0.0366. The summed E-state index contributed by atoms with van der Waals surface area (Å²) < 4.78 is 9.62. The highest BCUT2D eigenvalue weighted by atomic mass is 35.5. The van der Waals surface area contributed by atoms with E-state index in [1.54, 1.807) is 16.8 Å². The molecule has 1 aliphatic heterocycles. The zero-order valence-corrected chi connectivity index (χ0v) is 15.7. The Morgan fingerprint density at radius 1 is 1.25 bits per heavy atom. The van der Waals surface area contributed by atoms with Crippen molar-refractivity contribution in [3.63, 3.8) is 0 Å². The molecule has 1 fully saturated rings. The highest BCUT2D eigenvalue weighted by molar-refractivity contribution is 6.31. The molecule has 0 saturated carbocycles. The molecule has 0 aliphatic carbocycles. The van der Waals surface area contributed by atoms with Crippen molar-refractivity contribution < 1.29 is 4.74 Å². The van der Waals surface area contributed by atoms with Gasteiger partial charge in [0.15, 0.2) is 6.23 Å². The van der Waals surface area contributed by atoms with Crippen LogP contribution in [0.15, 0.2) is 36.7 Å². The molecule has 1 unspecified atom stereocenters. The summed E-state index contributed by atoms with van der Waals surface area (Å²) in [5.74, 6) is 0.335. The molecule has 0 bridgehead atoms. The number of nitrogens with two attached hydrogens (primary N) is 1. The van der Waals surface area contributed by atoms with E-state index in [0.29, 0.717) is 27.4 Å². The Hall–Kier alpha value is -3.08. The van der Waals surface area contributed by atoms with Gasteiger partial charge >= 0.3 is 0 Å². The Morgan fingerprint density at radius 3 is 2.93 bits per heavy atom. The van der Waals surface area contributed by atoms with Crippen molar-refractivity contribution in [2.45, 2.75) is 25.5 Å². The van der Waals surface area contributed by atoms with E-state index in [1.807, 2.05) is 29.1 Å². The molecule has 3 aromatic heterocycles. The molecule has 0 radical (unpaired) electrons. The molecule has 28 heavy (non-hydrogen) atoms. The quantitative estimate of drug-likeness (QED) is 0.552. The van der Waals surface area contributed by atoms with Crippen LogP contribution in [0.4, 0.5) is 5.82 Å². The molecule has 7 nitrogen and oxygen atoms in total. The van der Waals surface area contributed by atoms with Gasteiger partial charge in [0, 0.05) is 23.6 Å². The van der Waals surface area contributed by atoms with Crippen LogP contribution in [-0.4, -0.2) is 25.9 Å². The maximum absolute atomic E-state index is 9.61. The van der Waals surface area contributed by atoms with Crippen LogP contribution in [0.25, 0.3) is 27.6 Å². The molecule has 140 valence electrons. The largest absolute Gasteiger partial charge is 0.384 e. The first-order valence-electron chi connectivity index (χ1n) is 9.13. The number of ether oxygens (including phenoxy) is 1. The molecule has 1 aromatic carbocycles. The number of nitrogens with zero attached hydrogens (tertiary/aromatic N) is 5. The number of fused-ring (bicyclic) bond motifs is 2. The average Bonchev–Trinajstić information content (AvgIpc) is 3.26. The zero-order chi connectivity index (χ0) is 19.3. The zero-order valence-electron chi connectivity index (χ0n) is 15.0. The molecular formula is C20H17ClN6O. The molecule has 2 N–H and O–H groups in total. The Balaban J connectivity index is 1.76. The molecule has 1 saturated heterocycles. The summed E-state index contributed by atoms with van der Waals surface area (Å²) in [6.45, 7) is 0.747. The number of hydrogen-bond acceptors (Lipinski definition) is 5. The maximum Gasteiger partial charge on any atom is 0.150 e. The Kier molecular flexibility index (Phi) is 3.97. The summed E-state index contributed by atoms with van der Waals surface area (Å²) in [7, 11) is 0. The SMILES string of the molecule is N#Cc1c(N)n(-c2cccc3c2cnn3C2CCCCO2)c2ncc(Cl)cc12. The Labute approximate surface area is 165 Å². The fraction of sp³-hybridized carbons (Fsp3) is 0.250. The fourth-order valence-electron chi connectivity index (χ4n) is 3.92. The van der Waals surface area contributed by atoms with E-state index in [9.17, 15) is 5.26 Å². The van der Waals surface area contributed by atoms with Crippen molar-refractivity contribution in [2.75, 3.05) is 12.3 Å². The van der Waals surface area contributed by atoms with Crippen molar-refractivity contribution in [3.05, 3.63) is 47.2 Å². The predicted octanol–water partition coefficient (Wildman–Crippen LogP) is 4.18. The van der Waals surface area contributed by atoms with Crippen molar-refractivity contribution in [3.8, 4) is 11.8 Å². The van der Waals surface area contributed by atoms with Crippen LogP contribution < -0.4 is 5.73 Å². The summed E-state index contributed by atoms with van der Waals surface area (Å²) in [6, 6.07) is 9.81. The number of rotatable bonds is 2. The lowest BCUT2D eigenvalue weighted by atomic mass is 10.1. The number of pyridine rings is 1. The van der Waals surface area contributed by atoms with Gasteiger partial charge in [0.25, 0.3) is 0 Å². The summed E-state index contributed by atoms with van der Waals surface area (Å²) >= 11 is 6.09. The van der Waals surface area contributed by atoms with E-state index in [1.165, 1.54) is 0 Å². The smallest absolute Gasteiger partial charge is 0.150 e. The summed E-state index contributed by atoms with van der Waals surface area (Å²) in [5.41, 5.74) is 9.09. The van der Waals surface area contributed by atoms with Crippen LogP contribution in [0.2, 0.25) is 5.02 Å². The number of aromatic nitrogens is 4. The highest BCUT2D eigenvalue weighted by Gasteiger charge is 2.22. The monoisotopic (exact) mass is 392 g/mol. The van der Waals surface area contributed by atoms with Gasteiger partial charge in [-0.05, 0) is 37.5 Å². The first-order chi connectivity index (χ1) is 13.7. The predicted molar refractivity (Wildman–Crippen MR) is 107 cm³/mol. The minimum Gasteiger partial charge on any atom is -0.384 e. The average molecular weight is 393 g/mol. The van der Waals surface area contributed by atoms with Crippen LogP contribution in [0.5, 0.6) is 0 Å². The van der Waals surface area contributed by atoms with E-state index in [0.717, 1.165) is 42.5 Å². The third-order valence-electron chi connectivity index (χ3n) is 5.21. The maximum atomic E-state index is 9.61. The molecule has 1 aliphatic rings. The van der Waals surface area contributed by atoms with Crippen LogP contribution in [0, 0.1) is 11.3 Å². The topological polar surface area (TPSA) is 94.7 Å². The van der Waals surface area contributed by atoms with E-state index in [4.69, 9.17) is 22.1 Å². The number of benzene rings is 1. The van der Waals surface area contributed by atoms with Crippen LogP contribution in [-0.2, 0) is 4.74 Å². The third kappa shape index (κ3) is 2.46. The van der Waals surface area contributed by atoms with Gasteiger partial charge in [-0.3, -0.25) is 4.57 Å². The minimum atomic E-state index is -0.0631. The highest BCUT2D eigenvalue weighted by Crippen LogP contribution is 2.35. The first-order valence-corrected chi connectivity index (χ1v) is 9.50. The van der Waals surface area contributed by atoms with Crippen LogP contribution in [0.3, 0.4) is 0 Å². The molecule has 1 atom stereocenters. The number of anilines is 1. The lowest BCUT2D eigenvalue weighted by Crippen LogP contribution is -2.18. The van der Waals surface area contributed by atoms with Gasteiger partial charge in [0.1, 0.15) is 23.1 Å². The van der Waals surface area contributed by atoms with Crippen molar-refractivity contribution in [2.24, 2.45) is 0 Å². The lowest BCUT2D eigenvalue weighted by Gasteiger charge is -2.23. The molecule has 0 amide bonds. The van der Waals surface area contributed by atoms with Crippen molar-refractivity contribution >= 4 is 39.4 Å². The van der Waals surface area contributed by atoms with Crippen LogP contribution in [0.1, 0.15) is 31.1 Å². The number of halogens is 1. The van der Waals surface area contributed by atoms with E-state index in [2.05, 4.69) is 16.2 Å². The Bertz CT molecular complexity index is 1250. The standard InChI is InChI=1S/C20H17ClN6O/c21-12-8-13-14(9-22)19(23)26(20(13)24-10-12)16-4-3-5-17-15(16)11-25-27(17)18-6-1-2-7-28-18/h3-5,8,10-11,18H,1-2,6-7,23H2. The van der Waals surface area contributed by atoms with Gasteiger partial charge in [-0.2, -0.15) is 10.4 Å². The number of nitriles is 1. The van der Waals surface area contributed by atoms with Crippen molar-refractivity contribution in [1.29, 1.82) is 5.26 Å². The molecule has 4 aromatic rings. The molecular weight excluding hydrogens is 376 g/mol. The Morgan fingerprint density at radius 2 is 2.14 bits per heavy atom. The van der Waals surface area contributed by atoms with Crippen LogP contribution >= 0.6 is 11.6 Å². The van der Waals surface area contributed by atoms with Gasteiger partial charge in [0.2, 0.25) is 0 Å². The van der Waals surface area contributed by atoms with E-state index < -0.39 is 0 Å². The van der Waals surface area contributed by atoms with E-state index >= 15 is 0 Å². The van der Waals surface area contributed by atoms with Gasteiger partial charge in [-0.25, -0.2) is 9.67 Å². The van der Waals surface area contributed by atoms with Gasteiger partial charge in [-0.1, -0.05) is 17.7 Å². The van der Waals surface area contributed by atoms with E-state index in [-0.39, 0.29) is 6.23 Å². The normalized spacial score (nSPS) is 17.2.